The number of hydrogen-bond acceptors (Lipinski definition) is 5. The molecule has 0 bridgehead atoms. The molecule has 8 heteroatoms. The van der Waals surface area contributed by atoms with Crippen LogP contribution in [0.15, 0.2) is 24.4 Å². The summed E-state index contributed by atoms with van der Waals surface area (Å²) in [6, 6.07) is 5.39. The maximum Gasteiger partial charge on any atom is 0.211 e. The summed E-state index contributed by atoms with van der Waals surface area (Å²) in [6.07, 6.45) is 2.94. The van der Waals surface area contributed by atoms with Crippen molar-refractivity contribution in [2.45, 2.75) is 0 Å². The average molecular weight is 327 g/mol. The Morgan fingerprint density at radius 3 is 2.52 bits per heavy atom. The molecule has 0 aliphatic carbocycles. The quantitative estimate of drug-likeness (QED) is 0.833. The fourth-order valence-electron chi connectivity index (χ4n) is 2.38. The Kier molecular flexibility index (Phi) is 3.73. The zero-order valence-electron chi connectivity index (χ0n) is 11.5. The molecule has 21 heavy (non-hydrogen) atoms. The highest BCUT2D eigenvalue weighted by Gasteiger charge is 2.24. The fourth-order valence-corrected chi connectivity index (χ4v) is 3.37. The molecule has 0 spiro atoms. The summed E-state index contributed by atoms with van der Waals surface area (Å²) in [5.41, 5.74) is 1.53. The summed E-state index contributed by atoms with van der Waals surface area (Å²) in [5, 5.41) is 0.631. The van der Waals surface area contributed by atoms with E-state index in [4.69, 9.17) is 11.6 Å². The lowest BCUT2D eigenvalue weighted by molar-refractivity contribution is 0.387. The Morgan fingerprint density at radius 2 is 1.86 bits per heavy atom. The van der Waals surface area contributed by atoms with Crippen molar-refractivity contribution in [2.75, 3.05) is 37.3 Å². The summed E-state index contributed by atoms with van der Waals surface area (Å²) >= 11 is 5.93. The van der Waals surface area contributed by atoms with Crippen LogP contribution in [0.4, 0.5) is 5.82 Å². The van der Waals surface area contributed by atoms with Crippen molar-refractivity contribution in [3.05, 3.63) is 29.4 Å². The minimum atomic E-state index is -3.11. The summed E-state index contributed by atoms with van der Waals surface area (Å²) in [7, 11) is -3.11. The Bertz CT molecular complexity index is 773. The standard InChI is InChI=1S/C13H15ClN4O2S/c1-21(19,20)18-6-4-17(5-7-18)13-9-15-12-8-10(14)2-3-11(12)16-13/h2-3,8-9H,4-7H2,1H3. The predicted octanol–water partition coefficient (Wildman–Crippen LogP) is 1.36. The third-order valence-electron chi connectivity index (χ3n) is 3.52. The summed E-state index contributed by atoms with van der Waals surface area (Å²) in [5.74, 6) is 0.762. The van der Waals surface area contributed by atoms with Crippen molar-refractivity contribution >= 4 is 38.5 Å². The fraction of sp³-hybridized carbons (Fsp3) is 0.385. The number of piperazine rings is 1. The SMILES string of the molecule is CS(=O)(=O)N1CCN(c2cnc3cc(Cl)ccc3n2)CC1. The highest BCUT2D eigenvalue weighted by molar-refractivity contribution is 7.88. The highest BCUT2D eigenvalue weighted by Crippen LogP contribution is 2.20. The number of sulfonamides is 1. The molecule has 1 aromatic heterocycles. The first-order valence-electron chi connectivity index (χ1n) is 6.56. The van der Waals surface area contributed by atoms with E-state index >= 15 is 0 Å². The molecule has 1 aliphatic rings. The zero-order chi connectivity index (χ0) is 15.0. The van der Waals surface area contributed by atoms with E-state index in [-0.39, 0.29) is 0 Å². The van der Waals surface area contributed by atoms with Crippen LogP contribution < -0.4 is 4.90 Å². The third kappa shape index (κ3) is 3.09. The predicted molar refractivity (Wildman–Crippen MR) is 83.2 cm³/mol. The maximum absolute atomic E-state index is 11.5. The normalized spacial score (nSPS) is 17.3. The average Bonchev–Trinajstić information content (AvgIpc) is 2.46. The lowest BCUT2D eigenvalue weighted by Gasteiger charge is -2.33. The number of nitrogens with zero attached hydrogens (tertiary/aromatic N) is 4. The number of anilines is 1. The molecule has 1 saturated heterocycles. The van der Waals surface area contributed by atoms with E-state index in [0.29, 0.717) is 31.2 Å². The molecule has 0 unspecified atom stereocenters. The molecule has 2 heterocycles. The van der Waals surface area contributed by atoms with Crippen molar-refractivity contribution in [3.8, 4) is 0 Å². The third-order valence-corrected chi connectivity index (χ3v) is 5.06. The number of hydrogen-bond donors (Lipinski definition) is 0. The van der Waals surface area contributed by atoms with Crippen LogP contribution in [0.25, 0.3) is 11.0 Å². The van der Waals surface area contributed by atoms with Crippen LogP contribution in [-0.2, 0) is 10.0 Å². The second kappa shape index (κ2) is 5.40. The van der Waals surface area contributed by atoms with Gasteiger partial charge in [-0.3, -0.25) is 4.98 Å². The summed E-state index contributed by atoms with van der Waals surface area (Å²) in [4.78, 5) is 11.0. The van der Waals surface area contributed by atoms with E-state index in [1.54, 1.807) is 18.3 Å². The number of halogens is 1. The topological polar surface area (TPSA) is 66.4 Å². The van der Waals surface area contributed by atoms with Crippen LogP contribution in [0, 0.1) is 0 Å². The highest BCUT2D eigenvalue weighted by atomic mass is 35.5. The second-order valence-corrected chi connectivity index (χ2v) is 7.43. The van der Waals surface area contributed by atoms with Crippen molar-refractivity contribution in [1.82, 2.24) is 14.3 Å². The summed E-state index contributed by atoms with van der Waals surface area (Å²) < 4.78 is 24.5. The monoisotopic (exact) mass is 326 g/mol. The molecule has 0 N–H and O–H groups in total. The van der Waals surface area contributed by atoms with E-state index in [9.17, 15) is 8.42 Å². The molecular formula is C13H15ClN4O2S. The van der Waals surface area contributed by atoms with E-state index in [1.807, 2.05) is 11.0 Å². The van der Waals surface area contributed by atoms with E-state index in [1.165, 1.54) is 10.6 Å². The molecule has 1 aliphatic heterocycles. The van der Waals surface area contributed by atoms with Crippen molar-refractivity contribution < 1.29 is 8.42 Å². The second-order valence-electron chi connectivity index (χ2n) is 5.01. The van der Waals surface area contributed by atoms with Gasteiger partial charge in [0.15, 0.2) is 0 Å². The van der Waals surface area contributed by atoms with Gasteiger partial charge in [-0.05, 0) is 18.2 Å². The minimum Gasteiger partial charge on any atom is -0.353 e. The molecule has 0 radical (unpaired) electrons. The molecule has 0 amide bonds. The molecule has 0 atom stereocenters. The first kappa shape index (κ1) is 14.5. The first-order chi connectivity index (χ1) is 9.93. The molecule has 112 valence electrons. The van der Waals surface area contributed by atoms with Crippen LogP contribution in [0.1, 0.15) is 0 Å². The van der Waals surface area contributed by atoms with E-state index < -0.39 is 10.0 Å². The number of benzene rings is 1. The molecule has 1 aromatic carbocycles. The lowest BCUT2D eigenvalue weighted by atomic mass is 10.3. The van der Waals surface area contributed by atoms with E-state index in [0.717, 1.165) is 16.9 Å². The van der Waals surface area contributed by atoms with Crippen molar-refractivity contribution in [2.24, 2.45) is 0 Å². The van der Waals surface area contributed by atoms with Crippen LogP contribution in [0.2, 0.25) is 5.02 Å². The van der Waals surface area contributed by atoms with Gasteiger partial charge in [0.05, 0.1) is 23.5 Å². The van der Waals surface area contributed by atoms with Gasteiger partial charge in [0.1, 0.15) is 5.82 Å². The Hall–Kier alpha value is -1.44. The molecule has 2 aromatic rings. The van der Waals surface area contributed by atoms with Gasteiger partial charge in [-0.1, -0.05) is 11.6 Å². The van der Waals surface area contributed by atoms with Gasteiger partial charge in [0.25, 0.3) is 0 Å². The van der Waals surface area contributed by atoms with Crippen LogP contribution in [0.5, 0.6) is 0 Å². The molecule has 6 nitrogen and oxygen atoms in total. The van der Waals surface area contributed by atoms with Gasteiger partial charge in [0, 0.05) is 31.2 Å². The van der Waals surface area contributed by atoms with Crippen LogP contribution >= 0.6 is 11.6 Å². The first-order valence-corrected chi connectivity index (χ1v) is 8.78. The molecular weight excluding hydrogens is 312 g/mol. The van der Waals surface area contributed by atoms with Gasteiger partial charge in [-0.2, -0.15) is 4.31 Å². The van der Waals surface area contributed by atoms with Crippen molar-refractivity contribution in [3.63, 3.8) is 0 Å². The smallest absolute Gasteiger partial charge is 0.211 e. The number of rotatable bonds is 2. The van der Waals surface area contributed by atoms with Gasteiger partial charge in [-0.25, -0.2) is 13.4 Å². The Labute approximate surface area is 128 Å². The van der Waals surface area contributed by atoms with E-state index in [2.05, 4.69) is 9.97 Å². The minimum absolute atomic E-state index is 0.471. The molecule has 0 saturated carbocycles. The molecule has 3 rings (SSSR count). The number of fused-ring (bicyclic) bond motifs is 1. The Balaban J connectivity index is 1.81. The van der Waals surface area contributed by atoms with Gasteiger partial charge in [0.2, 0.25) is 10.0 Å². The van der Waals surface area contributed by atoms with Crippen LogP contribution in [-0.4, -0.2) is 55.1 Å². The van der Waals surface area contributed by atoms with Gasteiger partial charge in [-0.15, -0.1) is 0 Å². The molecule has 1 fully saturated rings. The number of aromatic nitrogens is 2. The van der Waals surface area contributed by atoms with Crippen molar-refractivity contribution in [1.29, 1.82) is 0 Å². The van der Waals surface area contributed by atoms with Crippen LogP contribution in [0.3, 0.4) is 0 Å². The van der Waals surface area contributed by atoms with Gasteiger partial charge < -0.3 is 4.90 Å². The largest absolute Gasteiger partial charge is 0.353 e. The Morgan fingerprint density at radius 1 is 1.14 bits per heavy atom. The lowest BCUT2D eigenvalue weighted by Crippen LogP contribution is -2.48. The van der Waals surface area contributed by atoms with Gasteiger partial charge >= 0.3 is 0 Å². The summed E-state index contributed by atoms with van der Waals surface area (Å²) in [6.45, 7) is 2.17. The zero-order valence-corrected chi connectivity index (χ0v) is 13.1. The maximum atomic E-state index is 11.5.